The number of para-hydroxylation sites is 1. The minimum absolute atomic E-state index is 0.0363. The molecule has 1 unspecified atom stereocenters. The Kier molecular flexibility index (Phi) is 4.78. The van der Waals surface area contributed by atoms with E-state index in [9.17, 15) is 9.59 Å². The minimum Gasteiger partial charge on any atom is -0.491 e. The lowest BCUT2D eigenvalue weighted by atomic mass is 9.77. The first-order valence-corrected chi connectivity index (χ1v) is 12.1. The highest BCUT2D eigenvalue weighted by Crippen LogP contribution is 2.54. The Morgan fingerprint density at radius 2 is 1.73 bits per heavy atom. The number of anilines is 1. The molecule has 4 aromatic rings. The average Bonchev–Trinajstić information content (AvgIpc) is 3.61. The van der Waals surface area contributed by atoms with Crippen molar-refractivity contribution in [1.29, 1.82) is 0 Å². The molecule has 1 atom stereocenters. The average molecular weight is 495 g/mol. The summed E-state index contributed by atoms with van der Waals surface area (Å²) in [7, 11) is 0. The van der Waals surface area contributed by atoms with Crippen molar-refractivity contribution in [3.8, 4) is 17.2 Å². The Labute approximate surface area is 212 Å². The van der Waals surface area contributed by atoms with Crippen molar-refractivity contribution in [3.63, 3.8) is 0 Å². The van der Waals surface area contributed by atoms with Gasteiger partial charge in [0, 0.05) is 48.4 Å². The fraction of sp³-hybridized carbons (Fsp3) is 0.214. The summed E-state index contributed by atoms with van der Waals surface area (Å²) < 4.78 is 17.1. The van der Waals surface area contributed by atoms with Crippen molar-refractivity contribution in [2.24, 2.45) is 0 Å². The van der Waals surface area contributed by atoms with Gasteiger partial charge in [0.2, 0.25) is 12.7 Å². The quantitative estimate of drug-likeness (QED) is 0.425. The number of carbonyl (C=O) groups excluding carboxylic acids is 2. The second-order valence-corrected chi connectivity index (χ2v) is 9.24. The van der Waals surface area contributed by atoms with Crippen molar-refractivity contribution < 1.29 is 23.8 Å². The van der Waals surface area contributed by atoms with Crippen LogP contribution in [0.2, 0.25) is 0 Å². The predicted octanol–water partition coefficient (Wildman–Crippen LogP) is 3.20. The summed E-state index contributed by atoms with van der Waals surface area (Å²) in [5.41, 5.74) is 3.57. The van der Waals surface area contributed by atoms with E-state index in [1.807, 2.05) is 30.3 Å². The molecule has 3 aromatic carbocycles. The summed E-state index contributed by atoms with van der Waals surface area (Å²) in [4.78, 5) is 37.0. The summed E-state index contributed by atoms with van der Waals surface area (Å²) in [6.45, 7) is 1.25. The first kappa shape index (κ1) is 21.6. The molecule has 9 nitrogen and oxygen atoms in total. The van der Waals surface area contributed by atoms with E-state index in [4.69, 9.17) is 14.2 Å². The molecule has 0 aliphatic carbocycles. The largest absolute Gasteiger partial charge is 0.491 e. The number of nitrogens with one attached hydrogen (secondary N) is 1. The molecule has 184 valence electrons. The third kappa shape index (κ3) is 3.23. The molecule has 4 heterocycles. The zero-order chi connectivity index (χ0) is 25.0. The van der Waals surface area contributed by atoms with Gasteiger partial charge in [-0.05, 0) is 42.3 Å². The lowest BCUT2D eigenvalue weighted by Gasteiger charge is -2.23. The van der Waals surface area contributed by atoms with Crippen LogP contribution in [0, 0.1) is 0 Å². The Balaban J connectivity index is 1.09. The number of amides is 2. The summed E-state index contributed by atoms with van der Waals surface area (Å²) >= 11 is 0. The summed E-state index contributed by atoms with van der Waals surface area (Å²) in [5.74, 6) is 1.66. The van der Waals surface area contributed by atoms with Gasteiger partial charge >= 0.3 is 0 Å². The van der Waals surface area contributed by atoms with Crippen LogP contribution in [0.25, 0.3) is 11.0 Å². The fourth-order valence-electron chi connectivity index (χ4n) is 5.43. The number of rotatable bonds is 5. The normalized spacial score (nSPS) is 18.7. The molecule has 1 aromatic heterocycles. The van der Waals surface area contributed by atoms with Gasteiger partial charge in [0.15, 0.2) is 11.5 Å². The summed E-state index contributed by atoms with van der Waals surface area (Å²) in [6, 6.07) is 16.7. The van der Waals surface area contributed by atoms with Crippen LogP contribution in [-0.4, -0.2) is 48.3 Å². The molecule has 37 heavy (non-hydrogen) atoms. The lowest BCUT2D eigenvalue weighted by molar-refractivity contribution is -0.122. The van der Waals surface area contributed by atoms with E-state index in [2.05, 4.69) is 15.3 Å². The molecule has 0 fully saturated rings. The van der Waals surface area contributed by atoms with Gasteiger partial charge < -0.3 is 24.4 Å². The SMILES string of the molecule is O=C(NCCCN1C(=O)C2(COc3cc4c(cc32)OCO4)c2ccccc21)c1ccc2nccnc2c1. The van der Waals surface area contributed by atoms with Crippen LogP contribution in [0.5, 0.6) is 17.2 Å². The van der Waals surface area contributed by atoms with Crippen LogP contribution in [0.1, 0.15) is 27.9 Å². The molecule has 0 saturated carbocycles. The lowest BCUT2D eigenvalue weighted by Crippen LogP contribution is -2.43. The Bertz CT molecular complexity index is 1590. The van der Waals surface area contributed by atoms with E-state index in [0.29, 0.717) is 47.8 Å². The molecule has 0 bridgehead atoms. The first-order valence-electron chi connectivity index (χ1n) is 12.1. The maximum Gasteiger partial charge on any atom is 0.251 e. The van der Waals surface area contributed by atoms with Crippen LogP contribution in [0.4, 0.5) is 5.69 Å². The zero-order valence-corrected chi connectivity index (χ0v) is 19.8. The number of nitrogens with zero attached hydrogens (tertiary/aromatic N) is 3. The molecule has 0 saturated heterocycles. The van der Waals surface area contributed by atoms with Gasteiger partial charge in [-0.2, -0.15) is 0 Å². The number of ether oxygens (including phenoxy) is 3. The minimum atomic E-state index is -0.928. The second kappa shape index (κ2) is 8.19. The highest BCUT2D eigenvalue weighted by molar-refractivity contribution is 6.11. The molecule has 1 N–H and O–H groups in total. The van der Waals surface area contributed by atoms with Gasteiger partial charge in [-0.25, -0.2) is 0 Å². The third-order valence-electron chi connectivity index (χ3n) is 7.22. The molecular weight excluding hydrogens is 472 g/mol. The maximum absolute atomic E-state index is 14.0. The van der Waals surface area contributed by atoms with Crippen LogP contribution < -0.4 is 24.4 Å². The van der Waals surface area contributed by atoms with E-state index < -0.39 is 5.41 Å². The molecule has 9 heteroatoms. The van der Waals surface area contributed by atoms with Gasteiger partial charge in [-0.15, -0.1) is 0 Å². The molecule has 3 aliphatic rings. The number of aromatic nitrogens is 2. The summed E-state index contributed by atoms with van der Waals surface area (Å²) in [6.07, 6.45) is 3.81. The van der Waals surface area contributed by atoms with Crippen molar-refractivity contribution in [2.45, 2.75) is 11.8 Å². The highest BCUT2D eigenvalue weighted by Gasteiger charge is 2.57. The van der Waals surface area contributed by atoms with Gasteiger partial charge in [0.1, 0.15) is 17.8 Å². The first-order chi connectivity index (χ1) is 18.1. The number of benzene rings is 3. The Hall–Kier alpha value is -4.66. The summed E-state index contributed by atoms with van der Waals surface area (Å²) in [5, 5.41) is 2.95. The molecule has 2 amide bonds. The van der Waals surface area contributed by atoms with Crippen LogP contribution >= 0.6 is 0 Å². The third-order valence-corrected chi connectivity index (χ3v) is 7.22. The number of hydrogen-bond acceptors (Lipinski definition) is 7. The Morgan fingerprint density at radius 1 is 0.919 bits per heavy atom. The standard InChI is InChI=1S/C28H22N4O5/c33-26(17-6-7-20-21(12-17)30-10-9-29-20)31-8-3-11-32-22-5-2-1-4-18(22)28(27(32)34)15-35-23-14-25-24(13-19(23)28)36-16-37-25/h1-2,4-7,9-10,12-14H,3,8,11,15-16H2,(H,31,33). The highest BCUT2D eigenvalue weighted by atomic mass is 16.7. The molecule has 0 radical (unpaired) electrons. The fourth-order valence-corrected chi connectivity index (χ4v) is 5.43. The van der Waals surface area contributed by atoms with Crippen LogP contribution in [-0.2, 0) is 10.2 Å². The van der Waals surface area contributed by atoms with E-state index in [0.717, 1.165) is 22.3 Å². The topological polar surface area (TPSA) is 103 Å². The van der Waals surface area contributed by atoms with Gasteiger partial charge in [0.05, 0.1) is 11.0 Å². The van der Waals surface area contributed by atoms with Gasteiger partial charge in [-0.3, -0.25) is 19.6 Å². The van der Waals surface area contributed by atoms with Crippen molar-refractivity contribution in [2.75, 3.05) is 31.4 Å². The predicted molar refractivity (Wildman–Crippen MR) is 134 cm³/mol. The molecular formula is C28H22N4O5. The monoisotopic (exact) mass is 494 g/mol. The second-order valence-electron chi connectivity index (χ2n) is 9.24. The smallest absolute Gasteiger partial charge is 0.251 e. The Morgan fingerprint density at radius 3 is 2.62 bits per heavy atom. The molecule has 3 aliphatic heterocycles. The van der Waals surface area contributed by atoms with E-state index >= 15 is 0 Å². The number of hydrogen-bond donors (Lipinski definition) is 1. The van der Waals surface area contributed by atoms with E-state index in [1.165, 1.54) is 0 Å². The maximum atomic E-state index is 14.0. The number of fused-ring (bicyclic) bond motifs is 6. The molecule has 7 rings (SSSR count). The van der Waals surface area contributed by atoms with Crippen molar-refractivity contribution in [3.05, 3.63) is 83.7 Å². The number of carbonyl (C=O) groups is 2. The van der Waals surface area contributed by atoms with Crippen LogP contribution in [0.3, 0.4) is 0 Å². The van der Waals surface area contributed by atoms with Crippen LogP contribution in [0.15, 0.2) is 67.0 Å². The van der Waals surface area contributed by atoms with Crippen molar-refractivity contribution in [1.82, 2.24) is 15.3 Å². The van der Waals surface area contributed by atoms with Crippen molar-refractivity contribution >= 4 is 28.5 Å². The van der Waals surface area contributed by atoms with E-state index in [-0.39, 0.29) is 25.2 Å². The van der Waals surface area contributed by atoms with Gasteiger partial charge in [-0.1, -0.05) is 18.2 Å². The molecule has 1 spiro atoms. The zero-order valence-electron chi connectivity index (χ0n) is 19.8. The van der Waals surface area contributed by atoms with E-state index in [1.54, 1.807) is 41.6 Å². The van der Waals surface area contributed by atoms with Gasteiger partial charge in [0.25, 0.3) is 5.91 Å².